The Morgan fingerprint density at radius 3 is 3.03 bits per heavy atom. The van der Waals surface area contributed by atoms with E-state index < -0.39 is 12.3 Å². The first-order valence-corrected chi connectivity index (χ1v) is 11.4. The number of nitrogens with zero attached hydrogens (tertiary/aromatic N) is 5. The second kappa shape index (κ2) is 10.6. The second-order valence-electron chi connectivity index (χ2n) is 8.17. The number of esters is 1. The molecule has 0 unspecified atom stereocenters. The molecule has 3 aromatic rings. The third kappa shape index (κ3) is 5.39. The minimum absolute atomic E-state index is 0.124. The standard InChI is InChI=1S/C23H30FN7O2/c1-2-17-15-28-31-19(27-14-16-6-5-9-26-13-16)12-20(29-22(17)31)30-10-4-3-7-18(30)8-11-33-23(32)21(24)25/h5-6,9,12-13,15,18,21,27H,2-4,7-8,10-11,14,25H2,1H3/t18-,21+/m0/s1. The number of alkyl halides is 1. The van der Waals surface area contributed by atoms with E-state index in [1.165, 1.54) is 0 Å². The van der Waals surface area contributed by atoms with Crippen LogP contribution in [0.4, 0.5) is 16.0 Å². The molecule has 176 valence electrons. The molecule has 4 rings (SSSR count). The molecule has 0 radical (unpaired) electrons. The van der Waals surface area contributed by atoms with Crippen molar-refractivity contribution >= 4 is 23.3 Å². The summed E-state index contributed by atoms with van der Waals surface area (Å²) < 4.78 is 19.7. The molecule has 10 heteroatoms. The lowest BCUT2D eigenvalue weighted by atomic mass is 9.99. The number of fused-ring (bicyclic) bond motifs is 1. The molecular formula is C23H30FN7O2. The lowest BCUT2D eigenvalue weighted by molar-refractivity contribution is -0.149. The Kier molecular flexibility index (Phi) is 7.33. The fraction of sp³-hybridized carbons (Fsp3) is 0.478. The fourth-order valence-electron chi connectivity index (χ4n) is 4.19. The van der Waals surface area contributed by atoms with Crippen LogP contribution in [-0.4, -0.2) is 51.0 Å². The van der Waals surface area contributed by atoms with Gasteiger partial charge in [0.1, 0.15) is 11.6 Å². The Morgan fingerprint density at radius 2 is 2.27 bits per heavy atom. The summed E-state index contributed by atoms with van der Waals surface area (Å²) in [4.78, 5) is 22.8. The van der Waals surface area contributed by atoms with Crippen LogP contribution < -0.4 is 16.0 Å². The molecule has 0 aliphatic carbocycles. The number of aromatic nitrogens is 4. The molecule has 4 heterocycles. The lowest BCUT2D eigenvalue weighted by Crippen LogP contribution is -2.41. The van der Waals surface area contributed by atoms with Crippen molar-refractivity contribution in [2.75, 3.05) is 23.4 Å². The summed E-state index contributed by atoms with van der Waals surface area (Å²) in [6.45, 7) is 3.67. The fourth-order valence-corrected chi connectivity index (χ4v) is 4.19. The number of halogens is 1. The number of hydrogen-bond donors (Lipinski definition) is 2. The minimum Gasteiger partial charge on any atom is -0.462 e. The largest absolute Gasteiger partial charge is 0.462 e. The molecule has 0 amide bonds. The van der Waals surface area contributed by atoms with Gasteiger partial charge >= 0.3 is 5.97 Å². The first kappa shape index (κ1) is 22.9. The van der Waals surface area contributed by atoms with Crippen LogP contribution in [0.3, 0.4) is 0 Å². The van der Waals surface area contributed by atoms with Crippen LogP contribution in [0.5, 0.6) is 0 Å². The van der Waals surface area contributed by atoms with E-state index in [0.717, 1.165) is 60.6 Å². The number of rotatable bonds is 9. The smallest absolute Gasteiger partial charge is 0.355 e. The predicted octanol–water partition coefficient (Wildman–Crippen LogP) is 2.85. The SMILES string of the molecule is CCc1cnn2c(NCc3cccnc3)cc(N3CCCC[C@H]3CCOC(=O)[C@@H](N)F)nc12. The van der Waals surface area contributed by atoms with Gasteiger partial charge in [0.05, 0.1) is 12.8 Å². The summed E-state index contributed by atoms with van der Waals surface area (Å²) >= 11 is 0. The average molecular weight is 456 g/mol. The maximum Gasteiger partial charge on any atom is 0.355 e. The zero-order valence-corrected chi connectivity index (χ0v) is 18.8. The zero-order chi connectivity index (χ0) is 23.2. The van der Waals surface area contributed by atoms with Crippen molar-refractivity contribution in [3.05, 3.63) is 47.9 Å². The summed E-state index contributed by atoms with van der Waals surface area (Å²) in [5, 5.41) is 8.02. The van der Waals surface area contributed by atoms with Crippen molar-refractivity contribution < 1.29 is 13.9 Å². The van der Waals surface area contributed by atoms with E-state index in [1.54, 1.807) is 6.20 Å². The molecule has 0 saturated carbocycles. The Balaban J connectivity index is 1.58. The number of carbonyl (C=O) groups excluding carboxylic acids is 1. The average Bonchev–Trinajstić information content (AvgIpc) is 3.26. The number of aryl methyl sites for hydroxylation is 1. The van der Waals surface area contributed by atoms with Gasteiger partial charge in [-0.3, -0.25) is 10.7 Å². The Bertz CT molecular complexity index is 1070. The van der Waals surface area contributed by atoms with E-state index in [1.807, 2.05) is 35.1 Å². The predicted molar refractivity (Wildman–Crippen MR) is 124 cm³/mol. The van der Waals surface area contributed by atoms with Crippen molar-refractivity contribution in [3.8, 4) is 0 Å². The summed E-state index contributed by atoms with van der Waals surface area (Å²) in [5.74, 6) is 0.674. The minimum atomic E-state index is -2.10. The number of ether oxygens (including phenoxy) is 1. The van der Waals surface area contributed by atoms with E-state index in [4.69, 9.17) is 15.5 Å². The van der Waals surface area contributed by atoms with Crippen LogP contribution in [0.15, 0.2) is 36.8 Å². The molecule has 0 bridgehead atoms. The van der Waals surface area contributed by atoms with Crippen molar-refractivity contribution in [2.45, 2.75) is 57.9 Å². The van der Waals surface area contributed by atoms with Gasteiger partial charge in [0, 0.05) is 49.6 Å². The van der Waals surface area contributed by atoms with E-state index in [2.05, 4.69) is 27.2 Å². The molecule has 3 N–H and O–H groups in total. The second-order valence-corrected chi connectivity index (χ2v) is 8.17. The summed E-state index contributed by atoms with van der Waals surface area (Å²) in [6, 6.07) is 6.08. The highest BCUT2D eigenvalue weighted by Crippen LogP contribution is 2.29. The number of piperidine rings is 1. The molecular weight excluding hydrogens is 425 g/mol. The van der Waals surface area contributed by atoms with Crippen LogP contribution in [-0.2, 0) is 22.5 Å². The number of hydrogen-bond acceptors (Lipinski definition) is 8. The highest BCUT2D eigenvalue weighted by Gasteiger charge is 2.26. The molecule has 33 heavy (non-hydrogen) atoms. The van der Waals surface area contributed by atoms with Crippen LogP contribution in [0.1, 0.15) is 43.7 Å². The maximum absolute atomic E-state index is 12.9. The van der Waals surface area contributed by atoms with Gasteiger partial charge < -0.3 is 15.0 Å². The van der Waals surface area contributed by atoms with Crippen LogP contribution in [0.2, 0.25) is 0 Å². The van der Waals surface area contributed by atoms with Crippen molar-refractivity contribution in [2.24, 2.45) is 5.73 Å². The molecule has 9 nitrogen and oxygen atoms in total. The van der Waals surface area contributed by atoms with E-state index >= 15 is 0 Å². The topological polar surface area (TPSA) is 111 Å². The maximum atomic E-state index is 12.9. The Morgan fingerprint density at radius 1 is 1.39 bits per heavy atom. The first-order valence-electron chi connectivity index (χ1n) is 11.4. The van der Waals surface area contributed by atoms with Crippen LogP contribution >= 0.6 is 0 Å². The van der Waals surface area contributed by atoms with Gasteiger partial charge in [-0.15, -0.1) is 0 Å². The molecule has 2 atom stereocenters. The Labute approximate surface area is 192 Å². The van der Waals surface area contributed by atoms with E-state index in [-0.39, 0.29) is 12.6 Å². The summed E-state index contributed by atoms with van der Waals surface area (Å²) in [7, 11) is 0. The Hall–Kier alpha value is -3.27. The monoisotopic (exact) mass is 455 g/mol. The van der Waals surface area contributed by atoms with Crippen LogP contribution in [0, 0.1) is 0 Å². The van der Waals surface area contributed by atoms with E-state index in [9.17, 15) is 9.18 Å². The highest BCUT2D eigenvalue weighted by atomic mass is 19.1. The lowest BCUT2D eigenvalue weighted by Gasteiger charge is -2.37. The van der Waals surface area contributed by atoms with Gasteiger partial charge in [0.15, 0.2) is 5.65 Å². The van der Waals surface area contributed by atoms with Crippen molar-refractivity contribution in [1.82, 2.24) is 19.6 Å². The number of pyridine rings is 1. The molecule has 1 aliphatic heterocycles. The van der Waals surface area contributed by atoms with E-state index in [0.29, 0.717) is 13.0 Å². The van der Waals surface area contributed by atoms with Crippen LogP contribution in [0.25, 0.3) is 5.65 Å². The molecule has 1 saturated heterocycles. The molecule has 1 fully saturated rings. The zero-order valence-electron chi connectivity index (χ0n) is 18.8. The summed E-state index contributed by atoms with van der Waals surface area (Å²) in [5.41, 5.74) is 7.91. The molecule has 1 aliphatic rings. The number of nitrogens with two attached hydrogens (primary N) is 1. The third-order valence-corrected chi connectivity index (χ3v) is 5.95. The molecule has 0 aromatic carbocycles. The molecule has 3 aromatic heterocycles. The number of carbonyl (C=O) groups is 1. The number of nitrogens with one attached hydrogen (secondary N) is 1. The van der Waals surface area contributed by atoms with Gasteiger partial charge in [0.2, 0.25) is 6.30 Å². The third-order valence-electron chi connectivity index (χ3n) is 5.95. The summed E-state index contributed by atoms with van der Waals surface area (Å²) in [6.07, 6.45) is 7.84. The van der Waals surface area contributed by atoms with Gasteiger partial charge in [-0.25, -0.2) is 14.2 Å². The normalized spacial score (nSPS) is 17.2. The van der Waals surface area contributed by atoms with Gasteiger partial charge in [-0.2, -0.15) is 9.61 Å². The quantitative estimate of drug-likeness (QED) is 0.374. The van der Waals surface area contributed by atoms with Crippen molar-refractivity contribution in [1.29, 1.82) is 0 Å². The van der Waals surface area contributed by atoms with Gasteiger partial charge in [-0.1, -0.05) is 13.0 Å². The first-order chi connectivity index (χ1) is 16.1. The van der Waals surface area contributed by atoms with Crippen molar-refractivity contribution in [3.63, 3.8) is 0 Å². The van der Waals surface area contributed by atoms with Gasteiger partial charge in [0.25, 0.3) is 0 Å². The van der Waals surface area contributed by atoms with Gasteiger partial charge in [-0.05, 0) is 37.3 Å². The number of anilines is 2. The highest BCUT2D eigenvalue weighted by molar-refractivity contribution is 5.73. The molecule has 0 spiro atoms.